The average Bonchev–Trinajstić information content (AvgIpc) is 2.58. The van der Waals surface area contributed by atoms with E-state index < -0.39 is 21.8 Å². The Kier molecular flexibility index (Phi) is 14.7. The normalized spacial score (nSPS) is 11.9. The van der Waals surface area contributed by atoms with Gasteiger partial charge in [-0.3, -0.25) is 4.55 Å². The standard InChI is InChI=1S/C20H34O6S.Na.H/c1-4-7-8-9-10-11-12-18-13-15-19(16-14-18)26-20(24-5-2,25-6-3)17-27(21,22)23;;/h13-16H,4-12,17H2,1-3H3,(H,21,22,23);;/q;+1;-1. The summed E-state index contributed by atoms with van der Waals surface area (Å²) in [5.41, 5.74) is 1.20. The van der Waals surface area contributed by atoms with Crippen LogP contribution in [0.5, 0.6) is 5.75 Å². The SMILES string of the molecule is CCCCCCCCc1ccc(OC(CS(=O)(=O)O)(OCC)OCC)cc1.[H-].[Na+]. The van der Waals surface area contributed by atoms with Gasteiger partial charge in [0.05, 0.1) is 13.2 Å². The number of unbranched alkanes of at least 4 members (excludes halogenated alkanes) is 5. The molecule has 0 unspecified atom stereocenters. The molecular formula is C20H35NaO6S. The van der Waals surface area contributed by atoms with Gasteiger partial charge in [0.15, 0.2) is 5.75 Å². The fraction of sp³-hybridized carbons (Fsp3) is 0.700. The van der Waals surface area contributed by atoms with Gasteiger partial charge in [-0.25, -0.2) is 0 Å². The van der Waals surface area contributed by atoms with Crippen molar-refractivity contribution >= 4 is 10.1 Å². The van der Waals surface area contributed by atoms with Crippen molar-refractivity contribution in [1.29, 1.82) is 0 Å². The molecule has 0 amide bonds. The second kappa shape index (κ2) is 14.8. The van der Waals surface area contributed by atoms with E-state index in [2.05, 4.69) is 6.92 Å². The summed E-state index contributed by atoms with van der Waals surface area (Å²) in [7, 11) is -4.35. The van der Waals surface area contributed by atoms with Crippen LogP contribution in [-0.4, -0.2) is 37.9 Å². The van der Waals surface area contributed by atoms with Crippen LogP contribution in [0.1, 0.15) is 66.3 Å². The van der Waals surface area contributed by atoms with Gasteiger partial charge in [0, 0.05) is 0 Å². The van der Waals surface area contributed by atoms with E-state index in [0.29, 0.717) is 5.75 Å². The molecule has 1 N–H and O–H groups in total. The van der Waals surface area contributed by atoms with Crippen LogP contribution in [-0.2, 0) is 26.0 Å². The van der Waals surface area contributed by atoms with E-state index in [1.807, 2.05) is 12.1 Å². The molecule has 6 nitrogen and oxygen atoms in total. The van der Waals surface area contributed by atoms with Gasteiger partial charge >= 0.3 is 35.5 Å². The predicted molar refractivity (Wildman–Crippen MR) is 108 cm³/mol. The summed E-state index contributed by atoms with van der Waals surface area (Å²) in [5, 5.41) is 0. The van der Waals surface area contributed by atoms with Gasteiger partial charge in [-0.1, -0.05) is 51.2 Å². The van der Waals surface area contributed by atoms with E-state index in [9.17, 15) is 13.0 Å². The topological polar surface area (TPSA) is 82.1 Å². The molecule has 0 saturated carbocycles. The minimum Gasteiger partial charge on any atom is -1.00 e. The Hall–Kier alpha value is -0.150. The summed E-state index contributed by atoms with van der Waals surface area (Å²) in [6.07, 6.45) is 8.50. The fourth-order valence-electron chi connectivity index (χ4n) is 2.89. The minimum atomic E-state index is -4.35. The molecule has 0 aromatic heterocycles. The molecule has 8 heteroatoms. The van der Waals surface area contributed by atoms with Gasteiger partial charge in [-0.15, -0.1) is 0 Å². The Balaban J connectivity index is 0. The molecule has 0 heterocycles. The fourth-order valence-corrected chi connectivity index (χ4v) is 3.56. The molecule has 0 aliphatic heterocycles. The Bertz CT molecular complexity index is 618. The summed E-state index contributed by atoms with van der Waals surface area (Å²) in [6.45, 7) is 5.96. The predicted octanol–water partition coefficient (Wildman–Crippen LogP) is 1.70. The molecule has 0 aliphatic rings. The molecule has 0 aliphatic carbocycles. The molecule has 0 saturated heterocycles. The van der Waals surface area contributed by atoms with Crippen LogP contribution in [0.4, 0.5) is 0 Å². The monoisotopic (exact) mass is 426 g/mol. The first-order valence-corrected chi connectivity index (χ1v) is 11.5. The largest absolute Gasteiger partial charge is 1.00 e. The number of hydrogen-bond acceptors (Lipinski definition) is 5. The number of hydrogen-bond donors (Lipinski definition) is 1. The van der Waals surface area contributed by atoms with Gasteiger partial charge in [0.25, 0.3) is 10.1 Å². The Labute approximate surface area is 193 Å². The maximum atomic E-state index is 11.4. The van der Waals surface area contributed by atoms with Crippen molar-refractivity contribution in [3.63, 3.8) is 0 Å². The summed E-state index contributed by atoms with van der Waals surface area (Å²) in [4.78, 5) is 0. The van der Waals surface area contributed by atoms with Gasteiger partial charge in [-0.2, -0.15) is 8.42 Å². The van der Waals surface area contributed by atoms with Crippen LogP contribution in [0, 0.1) is 0 Å². The second-order valence-electron chi connectivity index (χ2n) is 6.54. The van der Waals surface area contributed by atoms with Crippen LogP contribution in [0.15, 0.2) is 24.3 Å². The average molecular weight is 427 g/mol. The van der Waals surface area contributed by atoms with E-state index in [0.717, 1.165) is 12.8 Å². The molecule has 0 fully saturated rings. The van der Waals surface area contributed by atoms with Crippen molar-refractivity contribution in [2.24, 2.45) is 0 Å². The van der Waals surface area contributed by atoms with Crippen molar-refractivity contribution in [2.45, 2.75) is 71.7 Å². The minimum absolute atomic E-state index is 0. The smallest absolute Gasteiger partial charge is 1.00 e. The van der Waals surface area contributed by atoms with Gasteiger partial charge in [0.2, 0.25) is 0 Å². The molecule has 158 valence electrons. The van der Waals surface area contributed by atoms with Gasteiger partial charge < -0.3 is 15.6 Å². The van der Waals surface area contributed by atoms with Crippen molar-refractivity contribution in [3.8, 4) is 5.75 Å². The summed E-state index contributed by atoms with van der Waals surface area (Å²) >= 11 is 0. The van der Waals surface area contributed by atoms with Crippen LogP contribution < -0.4 is 34.3 Å². The molecule has 0 spiro atoms. The summed E-state index contributed by atoms with van der Waals surface area (Å²) in [6, 6.07) is 7.45. The number of aryl methyl sites for hydroxylation is 1. The maximum absolute atomic E-state index is 11.4. The van der Waals surface area contributed by atoms with E-state index in [-0.39, 0.29) is 44.2 Å². The first kappa shape index (κ1) is 27.8. The van der Waals surface area contributed by atoms with E-state index in [4.69, 9.17) is 14.2 Å². The van der Waals surface area contributed by atoms with Crippen molar-refractivity contribution in [2.75, 3.05) is 19.0 Å². The summed E-state index contributed by atoms with van der Waals surface area (Å²) < 4.78 is 48.5. The van der Waals surface area contributed by atoms with Crippen LogP contribution in [0.25, 0.3) is 0 Å². The van der Waals surface area contributed by atoms with Gasteiger partial charge in [-0.05, 0) is 44.4 Å². The maximum Gasteiger partial charge on any atom is 1.00 e. The third-order valence-electron chi connectivity index (χ3n) is 4.10. The molecule has 0 radical (unpaired) electrons. The zero-order valence-corrected chi connectivity index (χ0v) is 20.6. The van der Waals surface area contributed by atoms with Gasteiger partial charge in [0.1, 0.15) is 5.75 Å². The van der Waals surface area contributed by atoms with Crippen LogP contribution in [0.2, 0.25) is 0 Å². The van der Waals surface area contributed by atoms with Crippen molar-refractivity contribution in [1.82, 2.24) is 0 Å². The third kappa shape index (κ3) is 11.8. The Morgan fingerprint density at radius 2 is 1.46 bits per heavy atom. The first-order chi connectivity index (χ1) is 12.8. The molecule has 1 aromatic rings. The number of benzene rings is 1. The van der Waals surface area contributed by atoms with E-state index >= 15 is 0 Å². The number of rotatable bonds is 15. The molecule has 0 bridgehead atoms. The zero-order chi connectivity index (χ0) is 20.2. The molecule has 1 aromatic carbocycles. The molecule has 1 rings (SSSR count). The van der Waals surface area contributed by atoms with Crippen molar-refractivity contribution in [3.05, 3.63) is 29.8 Å². The first-order valence-electron chi connectivity index (χ1n) is 9.85. The molecule has 0 atom stereocenters. The number of ether oxygens (including phenoxy) is 3. The van der Waals surface area contributed by atoms with Crippen molar-refractivity contribution < 1.29 is 58.2 Å². The van der Waals surface area contributed by atoms with E-state index in [1.165, 1.54) is 37.7 Å². The molecule has 28 heavy (non-hydrogen) atoms. The van der Waals surface area contributed by atoms with Crippen LogP contribution in [0.3, 0.4) is 0 Å². The van der Waals surface area contributed by atoms with E-state index in [1.54, 1.807) is 26.0 Å². The third-order valence-corrected chi connectivity index (χ3v) is 4.82. The molecular weight excluding hydrogens is 391 g/mol. The quantitative estimate of drug-likeness (QED) is 0.199. The Morgan fingerprint density at radius 1 is 0.929 bits per heavy atom. The second-order valence-corrected chi connectivity index (χ2v) is 7.99. The Morgan fingerprint density at radius 3 is 1.96 bits per heavy atom. The van der Waals surface area contributed by atoms with Crippen LogP contribution >= 0.6 is 0 Å². The summed E-state index contributed by atoms with van der Waals surface area (Å²) in [5.74, 6) is -2.24. The zero-order valence-electron chi connectivity index (χ0n) is 18.8.